The van der Waals surface area contributed by atoms with Crippen LogP contribution in [0.25, 0.3) is 22.2 Å². The Bertz CT molecular complexity index is 1460. The van der Waals surface area contributed by atoms with Gasteiger partial charge in [-0.05, 0) is 37.1 Å². The van der Waals surface area contributed by atoms with Crippen LogP contribution in [0.3, 0.4) is 0 Å². The number of rotatable bonds is 9. The second kappa shape index (κ2) is 9.35. The number of aromatic nitrogens is 3. The molecule has 0 unspecified atom stereocenters. The molecule has 1 amide bonds. The first-order valence-corrected chi connectivity index (χ1v) is 11.6. The minimum atomic E-state index is -0.362. The lowest BCUT2D eigenvalue weighted by molar-refractivity contribution is -0.111. The number of nitrogens with zero attached hydrogens (tertiary/aromatic N) is 3. The number of anilines is 3. The molecule has 0 bridgehead atoms. The van der Waals surface area contributed by atoms with Gasteiger partial charge in [0.15, 0.2) is 0 Å². The maximum Gasteiger partial charge on any atom is 0.247 e. The van der Waals surface area contributed by atoms with Gasteiger partial charge in [-0.2, -0.15) is 0 Å². The molecule has 0 aliphatic heterocycles. The first kappa shape index (κ1) is 23.4. The van der Waals surface area contributed by atoms with Crippen molar-refractivity contribution in [2.75, 3.05) is 24.4 Å². The van der Waals surface area contributed by atoms with E-state index in [0.29, 0.717) is 35.4 Å². The molecule has 1 saturated carbocycles. The summed E-state index contributed by atoms with van der Waals surface area (Å²) in [6.45, 7) is 3.88. The number of nitrogens with two attached hydrogens (primary N) is 1. The summed E-state index contributed by atoms with van der Waals surface area (Å²) in [5.41, 5.74) is 9.78. The van der Waals surface area contributed by atoms with Crippen molar-refractivity contribution < 1.29 is 14.3 Å². The van der Waals surface area contributed by atoms with Crippen LogP contribution in [0, 0.1) is 0 Å². The Morgan fingerprint density at radius 1 is 1.22 bits per heavy atom. The average molecular weight is 485 g/mol. The van der Waals surface area contributed by atoms with Gasteiger partial charge in [-0.25, -0.2) is 9.97 Å². The minimum Gasteiger partial charge on any atom is -0.494 e. The largest absolute Gasteiger partial charge is 0.494 e. The number of nitrogens with one attached hydrogen (secondary N) is 2. The van der Waals surface area contributed by atoms with E-state index in [1.165, 1.54) is 6.08 Å². The number of benzene rings is 2. The number of hydrogen-bond donors (Lipinski definition) is 3. The van der Waals surface area contributed by atoms with Gasteiger partial charge in [-0.1, -0.05) is 24.8 Å². The summed E-state index contributed by atoms with van der Waals surface area (Å²) in [5.74, 6) is 0.976. The topological polar surface area (TPSA) is 116 Å². The molecule has 1 aliphatic carbocycles. The van der Waals surface area contributed by atoms with Crippen LogP contribution >= 0.6 is 0 Å². The molecule has 1 fully saturated rings. The Balaban J connectivity index is 1.48. The molecule has 4 aromatic rings. The van der Waals surface area contributed by atoms with Crippen molar-refractivity contribution >= 4 is 34.1 Å². The van der Waals surface area contributed by atoms with Gasteiger partial charge in [0, 0.05) is 42.0 Å². The van der Waals surface area contributed by atoms with Crippen molar-refractivity contribution in [3.8, 4) is 22.8 Å². The molecule has 0 spiro atoms. The maximum atomic E-state index is 12.1. The van der Waals surface area contributed by atoms with Gasteiger partial charge in [0.1, 0.15) is 18.1 Å². The molecule has 36 heavy (non-hydrogen) atoms. The quantitative estimate of drug-likeness (QED) is 0.302. The second-order valence-corrected chi connectivity index (χ2v) is 8.95. The highest BCUT2D eigenvalue weighted by Crippen LogP contribution is 2.40. The fourth-order valence-electron chi connectivity index (χ4n) is 3.99. The third-order valence-corrected chi connectivity index (χ3v) is 6.23. The van der Waals surface area contributed by atoms with Crippen LogP contribution in [0.1, 0.15) is 12.8 Å². The lowest BCUT2D eigenvalue weighted by Crippen LogP contribution is -2.30. The van der Waals surface area contributed by atoms with Crippen molar-refractivity contribution in [3.05, 3.63) is 67.5 Å². The summed E-state index contributed by atoms with van der Waals surface area (Å²) >= 11 is 0. The van der Waals surface area contributed by atoms with E-state index in [9.17, 15) is 4.79 Å². The van der Waals surface area contributed by atoms with Crippen LogP contribution in [0.2, 0.25) is 0 Å². The van der Waals surface area contributed by atoms with Crippen LogP contribution in [0.4, 0.5) is 17.3 Å². The zero-order valence-corrected chi connectivity index (χ0v) is 20.2. The first-order chi connectivity index (χ1) is 17.4. The predicted molar refractivity (Wildman–Crippen MR) is 141 cm³/mol. The Hall–Kier alpha value is -4.37. The predicted octanol–water partition coefficient (Wildman–Crippen LogP) is 4.38. The fraction of sp³-hybridized carbons (Fsp3) is 0.222. The van der Waals surface area contributed by atoms with Crippen LogP contribution in [-0.2, 0) is 11.8 Å². The second-order valence-electron chi connectivity index (χ2n) is 8.95. The molecule has 4 N–H and O–H groups in total. The summed E-state index contributed by atoms with van der Waals surface area (Å²) < 4.78 is 13.6. The molecule has 9 heteroatoms. The van der Waals surface area contributed by atoms with E-state index in [2.05, 4.69) is 45.1 Å². The smallest absolute Gasteiger partial charge is 0.247 e. The summed E-state index contributed by atoms with van der Waals surface area (Å²) in [7, 11) is 3.57. The van der Waals surface area contributed by atoms with Crippen LogP contribution in [0.15, 0.2) is 67.5 Å². The number of para-hydroxylation sites is 1. The van der Waals surface area contributed by atoms with Gasteiger partial charge >= 0.3 is 0 Å². The van der Waals surface area contributed by atoms with Gasteiger partial charge in [0.25, 0.3) is 0 Å². The maximum absolute atomic E-state index is 12.1. The Labute approximate surface area is 209 Å². The number of aryl methyl sites for hydroxylation is 1. The normalized spacial score (nSPS) is 13.8. The van der Waals surface area contributed by atoms with E-state index >= 15 is 0 Å². The number of ether oxygens (including phenoxy) is 2. The highest BCUT2D eigenvalue weighted by atomic mass is 16.5. The molecule has 2 aromatic carbocycles. The average Bonchev–Trinajstić information content (AvgIpc) is 3.54. The molecule has 1 aliphatic rings. The standard InChI is InChI=1S/C27H28N6O3/c1-4-25(34)30-21-13-20(23(35-3)14-24(21)36-16-27(28)10-11-27)32-26-29-12-9-19(31-26)18-15-33(2)22-8-6-5-7-17(18)22/h4-9,12-15H,1,10-11,16,28H2,2-3H3,(H,30,34)(H,29,31,32). The fourth-order valence-corrected chi connectivity index (χ4v) is 3.99. The molecule has 2 heterocycles. The van der Waals surface area contributed by atoms with Gasteiger partial charge in [0.05, 0.1) is 29.7 Å². The van der Waals surface area contributed by atoms with E-state index in [1.54, 1.807) is 25.4 Å². The van der Waals surface area contributed by atoms with E-state index in [1.807, 2.05) is 25.2 Å². The summed E-state index contributed by atoms with van der Waals surface area (Å²) in [5, 5.41) is 7.12. The van der Waals surface area contributed by atoms with Gasteiger partial charge < -0.3 is 30.4 Å². The minimum absolute atomic E-state index is 0.320. The summed E-state index contributed by atoms with van der Waals surface area (Å²) in [6, 6.07) is 13.5. The van der Waals surface area contributed by atoms with Crippen molar-refractivity contribution in [1.29, 1.82) is 0 Å². The molecule has 0 saturated heterocycles. The number of carbonyl (C=O) groups is 1. The molecule has 9 nitrogen and oxygen atoms in total. The van der Waals surface area contributed by atoms with Gasteiger partial charge in [0.2, 0.25) is 11.9 Å². The first-order valence-electron chi connectivity index (χ1n) is 11.6. The van der Waals surface area contributed by atoms with E-state index in [4.69, 9.17) is 20.2 Å². The molecule has 0 atom stereocenters. The molecular formula is C27H28N6O3. The SMILES string of the molecule is C=CC(=O)Nc1cc(Nc2nccc(-c3cn(C)c4ccccc34)n2)c(OC)cc1OCC1(N)CC1. The molecule has 0 radical (unpaired) electrons. The Morgan fingerprint density at radius 3 is 2.78 bits per heavy atom. The number of amides is 1. The lowest BCUT2D eigenvalue weighted by Gasteiger charge is -2.18. The third kappa shape index (κ3) is 4.73. The highest BCUT2D eigenvalue weighted by molar-refractivity contribution is 6.00. The van der Waals surface area contributed by atoms with Crippen LogP contribution < -0.4 is 25.8 Å². The lowest BCUT2D eigenvalue weighted by atomic mass is 10.1. The zero-order chi connectivity index (χ0) is 25.3. The zero-order valence-electron chi connectivity index (χ0n) is 20.2. The van der Waals surface area contributed by atoms with Gasteiger partial charge in [-0.15, -0.1) is 0 Å². The van der Waals surface area contributed by atoms with Crippen molar-refractivity contribution in [2.24, 2.45) is 12.8 Å². The van der Waals surface area contributed by atoms with Crippen molar-refractivity contribution in [1.82, 2.24) is 14.5 Å². The van der Waals surface area contributed by atoms with E-state index in [0.717, 1.165) is 35.0 Å². The monoisotopic (exact) mass is 484 g/mol. The summed E-state index contributed by atoms with van der Waals surface area (Å²) in [6.07, 6.45) is 6.76. The molecule has 184 valence electrons. The molecule has 2 aromatic heterocycles. The van der Waals surface area contributed by atoms with Crippen molar-refractivity contribution in [2.45, 2.75) is 18.4 Å². The van der Waals surface area contributed by atoms with Crippen LogP contribution in [-0.4, -0.2) is 39.7 Å². The van der Waals surface area contributed by atoms with E-state index < -0.39 is 0 Å². The van der Waals surface area contributed by atoms with Crippen molar-refractivity contribution in [3.63, 3.8) is 0 Å². The highest BCUT2D eigenvalue weighted by Gasteiger charge is 2.39. The van der Waals surface area contributed by atoms with E-state index in [-0.39, 0.29) is 11.4 Å². The molecular weight excluding hydrogens is 456 g/mol. The molecule has 5 rings (SSSR count). The van der Waals surface area contributed by atoms with Gasteiger partial charge in [-0.3, -0.25) is 4.79 Å². The number of fused-ring (bicyclic) bond motifs is 1. The number of methoxy groups -OCH3 is 1. The number of carbonyl (C=O) groups excluding carboxylic acids is 1. The number of hydrogen-bond acceptors (Lipinski definition) is 7. The summed E-state index contributed by atoms with van der Waals surface area (Å²) in [4.78, 5) is 21.2. The Morgan fingerprint density at radius 2 is 2.03 bits per heavy atom. The van der Waals surface area contributed by atoms with Crippen LogP contribution in [0.5, 0.6) is 11.5 Å². The third-order valence-electron chi connectivity index (χ3n) is 6.23. The Kier molecular flexibility index (Phi) is 6.07.